The number of nitrogens with one attached hydrogen (secondary N) is 1. The SMILES string of the molecule is CC(=O)N1CCN(C(=O)CN2CCNC(=O)C2CC2CCCCC2)CC1. The third kappa shape index (κ3) is 4.75. The predicted octanol–water partition coefficient (Wildman–Crippen LogP) is 0.448. The lowest BCUT2D eigenvalue weighted by atomic mass is 9.84. The first kappa shape index (κ1) is 19.1. The second-order valence-corrected chi connectivity index (χ2v) is 7.90. The molecule has 0 bridgehead atoms. The minimum atomic E-state index is -0.172. The van der Waals surface area contributed by atoms with Crippen LogP contribution < -0.4 is 5.32 Å². The van der Waals surface area contributed by atoms with Crippen LogP contribution in [0.3, 0.4) is 0 Å². The van der Waals surface area contributed by atoms with Crippen LogP contribution in [-0.4, -0.2) is 84.3 Å². The number of rotatable bonds is 4. The minimum absolute atomic E-state index is 0.0670. The summed E-state index contributed by atoms with van der Waals surface area (Å²) in [6.07, 6.45) is 7.12. The normalized spacial score (nSPS) is 25.9. The average Bonchev–Trinajstić information content (AvgIpc) is 2.65. The summed E-state index contributed by atoms with van der Waals surface area (Å²) in [6.45, 7) is 5.62. The van der Waals surface area contributed by atoms with E-state index in [0.717, 1.165) is 13.0 Å². The molecule has 1 saturated carbocycles. The van der Waals surface area contributed by atoms with Gasteiger partial charge in [0.25, 0.3) is 0 Å². The number of carbonyl (C=O) groups excluding carboxylic acids is 3. The van der Waals surface area contributed by atoms with Crippen molar-refractivity contribution >= 4 is 17.7 Å². The standard InChI is InChI=1S/C19H32N4O3/c1-15(24)21-9-11-22(12-10-21)18(25)14-23-8-7-20-19(26)17(23)13-16-5-3-2-4-6-16/h16-17H,2-14H2,1H3,(H,20,26). The van der Waals surface area contributed by atoms with Gasteiger partial charge in [0.15, 0.2) is 0 Å². The van der Waals surface area contributed by atoms with Gasteiger partial charge in [0.05, 0.1) is 12.6 Å². The Morgan fingerprint density at radius 3 is 2.31 bits per heavy atom. The molecule has 2 heterocycles. The maximum atomic E-state index is 12.7. The zero-order valence-corrected chi connectivity index (χ0v) is 15.9. The molecule has 0 aromatic carbocycles. The molecule has 3 fully saturated rings. The topological polar surface area (TPSA) is 73.0 Å². The van der Waals surface area contributed by atoms with Gasteiger partial charge in [0, 0.05) is 46.2 Å². The highest BCUT2D eigenvalue weighted by molar-refractivity contribution is 5.84. The number of amides is 3. The largest absolute Gasteiger partial charge is 0.353 e. The van der Waals surface area contributed by atoms with Crippen LogP contribution in [0.1, 0.15) is 45.4 Å². The third-order valence-corrected chi connectivity index (χ3v) is 6.14. The molecular formula is C19H32N4O3. The Bertz CT molecular complexity index is 525. The van der Waals surface area contributed by atoms with Crippen LogP contribution in [0.4, 0.5) is 0 Å². The summed E-state index contributed by atoms with van der Waals surface area (Å²) in [7, 11) is 0. The predicted molar refractivity (Wildman–Crippen MR) is 98.4 cm³/mol. The van der Waals surface area contributed by atoms with Gasteiger partial charge in [-0.3, -0.25) is 19.3 Å². The summed E-state index contributed by atoms with van der Waals surface area (Å²) in [5.74, 6) is 0.833. The summed E-state index contributed by atoms with van der Waals surface area (Å²) in [5, 5.41) is 2.97. The van der Waals surface area contributed by atoms with Crippen molar-refractivity contribution < 1.29 is 14.4 Å². The average molecular weight is 364 g/mol. The van der Waals surface area contributed by atoms with Crippen LogP contribution in [0, 0.1) is 5.92 Å². The first-order valence-electron chi connectivity index (χ1n) is 10.1. The Morgan fingerprint density at radius 1 is 1.00 bits per heavy atom. The molecule has 3 aliphatic rings. The molecule has 1 aliphatic carbocycles. The highest BCUT2D eigenvalue weighted by atomic mass is 16.2. The van der Waals surface area contributed by atoms with E-state index >= 15 is 0 Å². The maximum Gasteiger partial charge on any atom is 0.237 e. The molecule has 7 heteroatoms. The molecule has 0 aromatic rings. The molecule has 2 saturated heterocycles. The van der Waals surface area contributed by atoms with E-state index in [1.165, 1.54) is 32.1 Å². The summed E-state index contributed by atoms with van der Waals surface area (Å²) < 4.78 is 0. The van der Waals surface area contributed by atoms with Crippen LogP contribution in [0.25, 0.3) is 0 Å². The molecule has 0 spiro atoms. The van der Waals surface area contributed by atoms with Gasteiger partial charge in [-0.25, -0.2) is 0 Å². The molecule has 1 atom stereocenters. The number of hydrogen-bond donors (Lipinski definition) is 1. The fourth-order valence-corrected chi connectivity index (χ4v) is 4.49. The molecule has 26 heavy (non-hydrogen) atoms. The second kappa shape index (κ2) is 8.84. The zero-order valence-electron chi connectivity index (χ0n) is 15.9. The van der Waals surface area contributed by atoms with Crippen molar-refractivity contribution in [2.24, 2.45) is 5.92 Å². The molecule has 1 unspecified atom stereocenters. The first-order valence-corrected chi connectivity index (χ1v) is 10.1. The smallest absolute Gasteiger partial charge is 0.237 e. The Kier molecular flexibility index (Phi) is 6.51. The molecule has 1 N–H and O–H groups in total. The van der Waals surface area contributed by atoms with Gasteiger partial charge in [0.1, 0.15) is 0 Å². The quantitative estimate of drug-likeness (QED) is 0.786. The summed E-state index contributed by atoms with van der Waals surface area (Å²) >= 11 is 0. The Morgan fingerprint density at radius 2 is 1.65 bits per heavy atom. The van der Waals surface area contributed by atoms with E-state index in [1.54, 1.807) is 11.8 Å². The highest BCUT2D eigenvalue weighted by Crippen LogP contribution is 2.29. The first-order chi connectivity index (χ1) is 12.5. The minimum Gasteiger partial charge on any atom is -0.353 e. The monoisotopic (exact) mass is 364 g/mol. The number of hydrogen-bond acceptors (Lipinski definition) is 4. The molecule has 146 valence electrons. The van der Waals surface area contributed by atoms with Gasteiger partial charge >= 0.3 is 0 Å². The van der Waals surface area contributed by atoms with Crippen molar-refractivity contribution in [3.05, 3.63) is 0 Å². The zero-order chi connectivity index (χ0) is 18.5. The summed E-state index contributed by atoms with van der Waals surface area (Å²) in [6, 6.07) is -0.172. The van der Waals surface area contributed by atoms with Gasteiger partial charge in [-0.05, 0) is 12.3 Å². The van der Waals surface area contributed by atoms with Gasteiger partial charge < -0.3 is 15.1 Å². The van der Waals surface area contributed by atoms with Crippen LogP contribution in [-0.2, 0) is 14.4 Å². The summed E-state index contributed by atoms with van der Waals surface area (Å²) in [4.78, 5) is 42.3. The Labute approximate surface area is 156 Å². The third-order valence-electron chi connectivity index (χ3n) is 6.14. The van der Waals surface area contributed by atoms with Crippen molar-refractivity contribution in [1.82, 2.24) is 20.0 Å². The molecule has 0 aromatic heterocycles. The maximum absolute atomic E-state index is 12.7. The van der Waals surface area contributed by atoms with Crippen molar-refractivity contribution in [1.29, 1.82) is 0 Å². The fourth-order valence-electron chi connectivity index (χ4n) is 4.49. The van der Waals surface area contributed by atoms with Crippen molar-refractivity contribution in [3.63, 3.8) is 0 Å². The number of carbonyl (C=O) groups is 3. The Balaban J connectivity index is 1.54. The fraction of sp³-hybridized carbons (Fsp3) is 0.842. The summed E-state index contributed by atoms with van der Waals surface area (Å²) in [5.41, 5.74) is 0. The lowest BCUT2D eigenvalue weighted by Gasteiger charge is -2.39. The van der Waals surface area contributed by atoms with E-state index in [1.807, 2.05) is 4.90 Å². The molecular weight excluding hydrogens is 332 g/mol. The van der Waals surface area contributed by atoms with E-state index in [4.69, 9.17) is 0 Å². The molecule has 3 rings (SSSR count). The second-order valence-electron chi connectivity index (χ2n) is 7.90. The van der Waals surface area contributed by atoms with E-state index < -0.39 is 0 Å². The van der Waals surface area contributed by atoms with E-state index in [0.29, 0.717) is 45.2 Å². The van der Waals surface area contributed by atoms with E-state index in [9.17, 15) is 14.4 Å². The van der Waals surface area contributed by atoms with E-state index in [-0.39, 0.29) is 23.8 Å². The van der Waals surface area contributed by atoms with E-state index in [2.05, 4.69) is 10.2 Å². The van der Waals surface area contributed by atoms with Crippen LogP contribution in [0.2, 0.25) is 0 Å². The highest BCUT2D eigenvalue weighted by Gasteiger charge is 2.34. The molecule has 7 nitrogen and oxygen atoms in total. The van der Waals surface area contributed by atoms with Crippen molar-refractivity contribution in [2.45, 2.75) is 51.5 Å². The van der Waals surface area contributed by atoms with Gasteiger partial charge in [-0.2, -0.15) is 0 Å². The molecule has 0 radical (unpaired) electrons. The lowest BCUT2D eigenvalue weighted by molar-refractivity contribution is -0.141. The lowest BCUT2D eigenvalue weighted by Crippen LogP contribution is -2.59. The molecule has 2 aliphatic heterocycles. The van der Waals surface area contributed by atoms with Crippen molar-refractivity contribution in [3.8, 4) is 0 Å². The molecule has 3 amide bonds. The van der Waals surface area contributed by atoms with Gasteiger partial charge in [-0.1, -0.05) is 32.1 Å². The van der Waals surface area contributed by atoms with Crippen molar-refractivity contribution in [2.75, 3.05) is 45.8 Å². The number of nitrogens with zero attached hydrogens (tertiary/aromatic N) is 3. The van der Waals surface area contributed by atoms with Crippen LogP contribution in [0.5, 0.6) is 0 Å². The van der Waals surface area contributed by atoms with Crippen LogP contribution >= 0.6 is 0 Å². The Hall–Kier alpha value is -1.63. The van der Waals surface area contributed by atoms with Crippen LogP contribution in [0.15, 0.2) is 0 Å². The van der Waals surface area contributed by atoms with Gasteiger partial charge in [0.2, 0.25) is 17.7 Å². The van der Waals surface area contributed by atoms with Gasteiger partial charge in [-0.15, -0.1) is 0 Å². The number of piperazine rings is 2.